The van der Waals surface area contributed by atoms with Gasteiger partial charge in [0, 0.05) is 18.1 Å². The molecule has 2 rings (SSSR count). The predicted octanol–water partition coefficient (Wildman–Crippen LogP) is 3.55. The van der Waals surface area contributed by atoms with Gasteiger partial charge in [-0.15, -0.1) is 0 Å². The van der Waals surface area contributed by atoms with E-state index in [4.69, 9.17) is 5.73 Å². The Hall–Kier alpha value is -0.0800. The summed E-state index contributed by atoms with van der Waals surface area (Å²) in [5, 5.41) is 0. The summed E-state index contributed by atoms with van der Waals surface area (Å²) >= 11 is 0. The lowest BCUT2D eigenvalue weighted by Crippen LogP contribution is -2.62. The average molecular weight is 252 g/mol. The van der Waals surface area contributed by atoms with E-state index in [1.54, 1.807) is 0 Å². The summed E-state index contributed by atoms with van der Waals surface area (Å²) in [4.78, 5) is 2.85. The first-order valence-electron chi connectivity index (χ1n) is 8.21. The van der Waals surface area contributed by atoms with Crippen molar-refractivity contribution < 1.29 is 0 Å². The first kappa shape index (κ1) is 14.3. The molecule has 1 saturated heterocycles. The largest absolute Gasteiger partial charge is 0.329 e. The highest BCUT2D eigenvalue weighted by molar-refractivity contribution is 5.00. The highest BCUT2D eigenvalue weighted by Crippen LogP contribution is 2.41. The number of hydrogen-bond acceptors (Lipinski definition) is 2. The van der Waals surface area contributed by atoms with Crippen LogP contribution in [0.3, 0.4) is 0 Å². The molecule has 0 aromatic rings. The smallest absolute Gasteiger partial charge is 0.0360 e. The van der Waals surface area contributed by atoms with Crippen LogP contribution in [-0.4, -0.2) is 29.6 Å². The van der Waals surface area contributed by atoms with Crippen molar-refractivity contribution in [3.8, 4) is 0 Å². The van der Waals surface area contributed by atoms with Crippen molar-refractivity contribution in [1.29, 1.82) is 0 Å². The van der Waals surface area contributed by atoms with Crippen LogP contribution in [0.5, 0.6) is 0 Å². The maximum Gasteiger partial charge on any atom is 0.0360 e. The fourth-order valence-corrected chi connectivity index (χ4v) is 4.43. The Labute approximate surface area is 113 Å². The van der Waals surface area contributed by atoms with Crippen LogP contribution < -0.4 is 5.73 Å². The SMILES string of the molecule is CCC1CCCCCN1C1(CN)CCCCC1C. The monoisotopic (exact) mass is 252 g/mol. The van der Waals surface area contributed by atoms with E-state index >= 15 is 0 Å². The Morgan fingerprint density at radius 1 is 1.11 bits per heavy atom. The van der Waals surface area contributed by atoms with Crippen LogP contribution in [0.15, 0.2) is 0 Å². The summed E-state index contributed by atoms with van der Waals surface area (Å²) < 4.78 is 0. The van der Waals surface area contributed by atoms with Crippen LogP contribution in [0, 0.1) is 5.92 Å². The molecule has 1 aliphatic carbocycles. The molecule has 2 N–H and O–H groups in total. The Morgan fingerprint density at radius 3 is 2.56 bits per heavy atom. The molecule has 1 heterocycles. The minimum atomic E-state index is 0.323. The third-order valence-corrected chi connectivity index (χ3v) is 5.69. The Morgan fingerprint density at radius 2 is 1.89 bits per heavy atom. The molecule has 0 spiro atoms. The Balaban J connectivity index is 2.21. The van der Waals surface area contributed by atoms with Crippen molar-refractivity contribution in [3.63, 3.8) is 0 Å². The minimum absolute atomic E-state index is 0.323. The molecular formula is C16H32N2. The topological polar surface area (TPSA) is 29.3 Å². The summed E-state index contributed by atoms with van der Waals surface area (Å²) in [6.07, 6.45) is 12.4. The fourth-order valence-electron chi connectivity index (χ4n) is 4.43. The standard InChI is InChI=1S/C16H32N2/c1-3-15-10-5-4-8-12-18(15)16(13-17)11-7-6-9-14(16)2/h14-15H,3-13,17H2,1-2H3. The van der Waals surface area contributed by atoms with Crippen LogP contribution in [0.25, 0.3) is 0 Å². The molecule has 3 unspecified atom stereocenters. The van der Waals surface area contributed by atoms with Gasteiger partial charge in [0.15, 0.2) is 0 Å². The molecule has 2 aliphatic rings. The summed E-state index contributed by atoms with van der Waals surface area (Å²) in [6.45, 7) is 6.97. The predicted molar refractivity (Wildman–Crippen MR) is 78.7 cm³/mol. The third-order valence-electron chi connectivity index (χ3n) is 5.69. The molecule has 0 aromatic heterocycles. The number of nitrogens with two attached hydrogens (primary N) is 1. The van der Waals surface area contributed by atoms with Gasteiger partial charge in [-0.1, -0.05) is 39.5 Å². The molecule has 1 aliphatic heterocycles. The van der Waals surface area contributed by atoms with Crippen molar-refractivity contribution in [2.45, 2.75) is 83.2 Å². The van der Waals surface area contributed by atoms with Crippen LogP contribution in [0.1, 0.15) is 71.6 Å². The van der Waals surface area contributed by atoms with E-state index < -0.39 is 0 Å². The van der Waals surface area contributed by atoms with Crippen molar-refractivity contribution in [1.82, 2.24) is 4.90 Å². The number of rotatable bonds is 3. The first-order chi connectivity index (χ1) is 8.74. The van der Waals surface area contributed by atoms with Gasteiger partial charge < -0.3 is 5.73 Å². The molecule has 2 fully saturated rings. The quantitative estimate of drug-likeness (QED) is 0.832. The van der Waals surface area contributed by atoms with Crippen LogP contribution in [-0.2, 0) is 0 Å². The summed E-state index contributed by atoms with van der Waals surface area (Å²) in [6, 6.07) is 0.789. The highest BCUT2D eigenvalue weighted by atomic mass is 15.2. The van der Waals surface area contributed by atoms with Gasteiger partial charge in [0.2, 0.25) is 0 Å². The molecule has 18 heavy (non-hydrogen) atoms. The van der Waals surface area contributed by atoms with Gasteiger partial charge in [-0.2, -0.15) is 0 Å². The zero-order chi connectivity index (χ0) is 13.0. The van der Waals surface area contributed by atoms with Gasteiger partial charge in [0.25, 0.3) is 0 Å². The second kappa shape index (κ2) is 6.38. The molecular weight excluding hydrogens is 220 g/mol. The second-order valence-corrected chi connectivity index (χ2v) is 6.56. The lowest BCUT2D eigenvalue weighted by atomic mass is 9.71. The van der Waals surface area contributed by atoms with Crippen molar-refractivity contribution >= 4 is 0 Å². The van der Waals surface area contributed by atoms with Gasteiger partial charge >= 0.3 is 0 Å². The van der Waals surface area contributed by atoms with E-state index in [-0.39, 0.29) is 0 Å². The third kappa shape index (κ3) is 2.60. The van der Waals surface area contributed by atoms with Crippen molar-refractivity contribution in [2.24, 2.45) is 11.7 Å². The van der Waals surface area contributed by atoms with E-state index in [1.807, 2.05) is 0 Å². The molecule has 0 amide bonds. The number of nitrogens with zero attached hydrogens (tertiary/aromatic N) is 1. The average Bonchev–Trinajstić information content (AvgIpc) is 2.65. The molecule has 1 saturated carbocycles. The molecule has 3 atom stereocenters. The zero-order valence-corrected chi connectivity index (χ0v) is 12.5. The summed E-state index contributed by atoms with van der Waals surface area (Å²) in [5.74, 6) is 0.781. The molecule has 0 bridgehead atoms. The van der Waals surface area contributed by atoms with Gasteiger partial charge in [-0.25, -0.2) is 0 Å². The molecule has 106 valence electrons. The Kier molecular flexibility index (Phi) is 5.08. The van der Waals surface area contributed by atoms with E-state index in [9.17, 15) is 0 Å². The summed E-state index contributed by atoms with van der Waals surface area (Å²) in [5.41, 5.74) is 6.61. The van der Waals surface area contributed by atoms with Gasteiger partial charge in [-0.3, -0.25) is 4.90 Å². The number of hydrogen-bond donors (Lipinski definition) is 1. The lowest BCUT2D eigenvalue weighted by Gasteiger charge is -2.53. The second-order valence-electron chi connectivity index (χ2n) is 6.56. The normalized spacial score (nSPS) is 39.5. The molecule has 2 nitrogen and oxygen atoms in total. The molecule has 0 aromatic carbocycles. The fraction of sp³-hybridized carbons (Fsp3) is 1.00. The molecule has 0 radical (unpaired) electrons. The van der Waals surface area contributed by atoms with Gasteiger partial charge in [0.05, 0.1) is 0 Å². The van der Waals surface area contributed by atoms with Gasteiger partial charge in [-0.05, 0) is 44.6 Å². The van der Waals surface area contributed by atoms with Crippen LogP contribution >= 0.6 is 0 Å². The summed E-state index contributed by atoms with van der Waals surface area (Å²) in [7, 11) is 0. The highest BCUT2D eigenvalue weighted by Gasteiger charge is 2.44. The van der Waals surface area contributed by atoms with E-state index in [0.717, 1.165) is 18.5 Å². The van der Waals surface area contributed by atoms with Crippen LogP contribution in [0.2, 0.25) is 0 Å². The van der Waals surface area contributed by atoms with Crippen LogP contribution in [0.4, 0.5) is 0 Å². The van der Waals surface area contributed by atoms with Gasteiger partial charge in [0.1, 0.15) is 0 Å². The Bertz CT molecular complexity index is 253. The van der Waals surface area contributed by atoms with Crippen molar-refractivity contribution in [3.05, 3.63) is 0 Å². The maximum atomic E-state index is 6.29. The molecule has 2 heteroatoms. The number of likely N-dealkylation sites (tertiary alicyclic amines) is 1. The zero-order valence-electron chi connectivity index (χ0n) is 12.5. The van der Waals surface area contributed by atoms with E-state index in [1.165, 1.54) is 64.3 Å². The first-order valence-corrected chi connectivity index (χ1v) is 8.21. The van der Waals surface area contributed by atoms with Crippen molar-refractivity contribution in [2.75, 3.05) is 13.1 Å². The maximum absolute atomic E-state index is 6.29. The van der Waals surface area contributed by atoms with E-state index in [0.29, 0.717) is 5.54 Å². The lowest BCUT2D eigenvalue weighted by molar-refractivity contribution is -0.0180. The van der Waals surface area contributed by atoms with E-state index in [2.05, 4.69) is 18.7 Å². The minimum Gasteiger partial charge on any atom is -0.329 e.